The third-order valence-corrected chi connectivity index (χ3v) is 6.65. The third-order valence-electron chi connectivity index (χ3n) is 5.74. The van der Waals surface area contributed by atoms with Crippen LogP contribution in [0.2, 0.25) is 0 Å². The van der Waals surface area contributed by atoms with Gasteiger partial charge in [-0.1, -0.05) is 52.8 Å². The lowest BCUT2D eigenvalue weighted by Gasteiger charge is -2.23. The Morgan fingerprint density at radius 3 is 2.39 bits per heavy atom. The number of nitrogens with zero attached hydrogens (tertiary/aromatic N) is 2. The number of aromatic nitrogens is 1. The van der Waals surface area contributed by atoms with Crippen molar-refractivity contribution in [2.24, 2.45) is 5.92 Å². The van der Waals surface area contributed by atoms with Gasteiger partial charge in [-0.2, -0.15) is 0 Å². The molecule has 2 aromatic rings. The molecule has 0 bridgehead atoms. The van der Waals surface area contributed by atoms with Crippen LogP contribution in [0.4, 0.5) is 4.79 Å². The fourth-order valence-electron chi connectivity index (χ4n) is 3.59. The lowest BCUT2D eigenvalue weighted by Crippen LogP contribution is -2.51. The summed E-state index contributed by atoms with van der Waals surface area (Å²) in [6.07, 6.45) is 4.85. The molecule has 1 aliphatic rings. The maximum atomic E-state index is 12.8. The van der Waals surface area contributed by atoms with E-state index < -0.39 is 17.2 Å². The Bertz CT molecular complexity index is 1150. The lowest BCUT2D eigenvalue weighted by atomic mass is 9.86. The fraction of sp³-hybridized carbons (Fsp3) is 0.370. The van der Waals surface area contributed by atoms with Crippen molar-refractivity contribution in [3.63, 3.8) is 0 Å². The van der Waals surface area contributed by atoms with Crippen molar-refractivity contribution in [3.05, 3.63) is 70.4 Å². The molecule has 1 aliphatic heterocycles. The number of carbonyl (C=O) groups excluding carboxylic acids is 4. The average molecular weight is 509 g/mol. The van der Waals surface area contributed by atoms with Crippen LogP contribution in [-0.4, -0.2) is 52.0 Å². The molecule has 0 spiro atoms. The van der Waals surface area contributed by atoms with Gasteiger partial charge in [0.2, 0.25) is 5.91 Å². The fourth-order valence-corrected chi connectivity index (χ4v) is 4.45. The summed E-state index contributed by atoms with van der Waals surface area (Å²) in [6.45, 7) is 10.1. The van der Waals surface area contributed by atoms with Crippen LogP contribution in [0.5, 0.6) is 0 Å². The quantitative estimate of drug-likeness (QED) is 0.522. The van der Waals surface area contributed by atoms with Crippen molar-refractivity contribution >= 4 is 40.8 Å². The Morgan fingerprint density at radius 2 is 1.81 bits per heavy atom. The first-order chi connectivity index (χ1) is 17.0. The highest BCUT2D eigenvalue weighted by molar-refractivity contribution is 8.18. The molecule has 1 atom stereocenters. The number of carbonyl (C=O) groups is 4. The Kier molecular flexibility index (Phi) is 8.68. The van der Waals surface area contributed by atoms with E-state index in [1.165, 1.54) is 0 Å². The molecule has 190 valence electrons. The number of hydrogen-bond acceptors (Lipinski definition) is 6. The zero-order chi connectivity index (χ0) is 26.5. The summed E-state index contributed by atoms with van der Waals surface area (Å²) in [5, 5.41) is 5.16. The number of rotatable bonds is 8. The molecule has 1 saturated heterocycles. The maximum Gasteiger partial charge on any atom is 0.293 e. The summed E-state index contributed by atoms with van der Waals surface area (Å²) < 4.78 is 0. The molecule has 3 rings (SSSR count). The minimum Gasteiger partial charge on any atom is -0.353 e. The molecule has 0 unspecified atom stereocenters. The van der Waals surface area contributed by atoms with Gasteiger partial charge < -0.3 is 10.6 Å². The van der Waals surface area contributed by atoms with E-state index in [0.717, 1.165) is 27.8 Å². The number of imide groups is 1. The first-order valence-corrected chi connectivity index (χ1v) is 12.6. The highest BCUT2D eigenvalue weighted by atomic mass is 32.2. The van der Waals surface area contributed by atoms with E-state index in [-0.39, 0.29) is 36.2 Å². The summed E-state index contributed by atoms with van der Waals surface area (Å²) >= 11 is 0.856. The van der Waals surface area contributed by atoms with Crippen LogP contribution < -0.4 is 10.6 Å². The molecule has 36 heavy (non-hydrogen) atoms. The number of benzene rings is 1. The van der Waals surface area contributed by atoms with E-state index in [1.54, 1.807) is 42.7 Å². The van der Waals surface area contributed by atoms with Gasteiger partial charge in [0.25, 0.3) is 17.1 Å². The van der Waals surface area contributed by atoms with Gasteiger partial charge in [-0.25, -0.2) is 0 Å². The second kappa shape index (κ2) is 11.5. The average Bonchev–Trinajstić information content (AvgIpc) is 3.09. The van der Waals surface area contributed by atoms with Crippen LogP contribution in [-0.2, 0) is 15.0 Å². The molecule has 4 amide bonds. The molecule has 1 aromatic carbocycles. The lowest BCUT2D eigenvalue weighted by molar-refractivity contribution is -0.125. The number of nitrogens with one attached hydrogen (secondary N) is 2. The van der Waals surface area contributed by atoms with E-state index >= 15 is 0 Å². The Balaban J connectivity index is 1.56. The van der Waals surface area contributed by atoms with Gasteiger partial charge in [-0.05, 0) is 58.5 Å². The minimum atomic E-state index is -0.764. The number of amides is 4. The van der Waals surface area contributed by atoms with Crippen molar-refractivity contribution < 1.29 is 19.2 Å². The van der Waals surface area contributed by atoms with Crippen molar-refractivity contribution in [2.45, 2.75) is 46.1 Å². The highest BCUT2D eigenvalue weighted by Crippen LogP contribution is 2.31. The SMILES string of the molecule is CC(C)[C@H](NC(=O)c1ccc(C(C)(C)C)cc1)C(=O)NCCN1C(=O)SC(=Cc2cccnc2)C1=O. The van der Waals surface area contributed by atoms with Gasteiger partial charge >= 0.3 is 0 Å². The van der Waals surface area contributed by atoms with E-state index in [9.17, 15) is 19.2 Å². The van der Waals surface area contributed by atoms with Crippen molar-refractivity contribution in [3.8, 4) is 0 Å². The standard InChI is InChI=1S/C27H32N4O4S/c1-17(2)22(30-23(32)19-8-10-20(11-9-19)27(3,4)5)24(33)29-13-14-31-25(34)21(36-26(31)35)15-18-7-6-12-28-16-18/h6-12,15-17,22H,13-14H2,1-5H3,(H,29,33)(H,30,32)/t22-/m0/s1. The van der Waals surface area contributed by atoms with Gasteiger partial charge in [0, 0.05) is 31.0 Å². The molecule has 8 nitrogen and oxygen atoms in total. The Morgan fingerprint density at radius 1 is 1.11 bits per heavy atom. The first-order valence-electron chi connectivity index (χ1n) is 11.8. The normalized spacial score (nSPS) is 15.9. The molecule has 1 fully saturated rings. The van der Waals surface area contributed by atoms with Crippen molar-refractivity contribution in [2.75, 3.05) is 13.1 Å². The second-order valence-corrected chi connectivity index (χ2v) is 10.9. The Labute approximate surface area is 215 Å². The minimum absolute atomic E-state index is 0.0265. The van der Waals surface area contributed by atoms with Crippen LogP contribution >= 0.6 is 11.8 Å². The molecule has 2 heterocycles. The largest absolute Gasteiger partial charge is 0.353 e. The Hall–Kier alpha value is -3.46. The molecular formula is C27H32N4O4S. The van der Waals surface area contributed by atoms with Crippen LogP contribution in [0.1, 0.15) is 56.1 Å². The van der Waals surface area contributed by atoms with Gasteiger partial charge in [0.05, 0.1) is 4.91 Å². The van der Waals surface area contributed by atoms with E-state index in [4.69, 9.17) is 0 Å². The topological polar surface area (TPSA) is 108 Å². The zero-order valence-electron chi connectivity index (χ0n) is 21.2. The highest BCUT2D eigenvalue weighted by Gasteiger charge is 2.35. The van der Waals surface area contributed by atoms with E-state index in [1.807, 2.05) is 26.0 Å². The van der Waals surface area contributed by atoms with Crippen LogP contribution in [0.25, 0.3) is 6.08 Å². The van der Waals surface area contributed by atoms with Crippen molar-refractivity contribution in [1.82, 2.24) is 20.5 Å². The summed E-state index contributed by atoms with van der Waals surface area (Å²) in [5.74, 6) is -1.28. The molecular weight excluding hydrogens is 476 g/mol. The first kappa shape index (κ1) is 27.1. The molecule has 0 saturated carbocycles. The number of thioether (sulfide) groups is 1. The second-order valence-electron chi connectivity index (χ2n) is 9.93. The van der Waals surface area contributed by atoms with Crippen LogP contribution in [0, 0.1) is 5.92 Å². The zero-order valence-corrected chi connectivity index (χ0v) is 22.0. The summed E-state index contributed by atoms with van der Waals surface area (Å²) in [5.41, 5.74) is 2.28. The summed E-state index contributed by atoms with van der Waals surface area (Å²) in [7, 11) is 0. The predicted octanol–water partition coefficient (Wildman–Crippen LogP) is 3.99. The molecule has 9 heteroatoms. The van der Waals surface area contributed by atoms with Gasteiger partial charge in [0.1, 0.15) is 6.04 Å². The summed E-state index contributed by atoms with van der Waals surface area (Å²) in [6, 6.07) is 10.1. The maximum absolute atomic E-state index is 12.8. The predicted molar refractivity (Wildman–Crippen MR) is 141 cm³/mol. The monoisotopic (exact) mass is 508 g/mol. The van der Waals surface area contributed by atoms with E-state index in [2.05, 4.69) is 36.4 Å². The number of hydrogen-bond donors (Lipinski definition) is 2. The third kappa shape index (κ3) is 6.81. The van der Waals surface area contributed by atoms with Crippen LogP contribution in [0.15, 0.2) is 53.7 Å². The summed E-state index contributed by atoms with van der Waals surface area (Å²) in [4.78, 5) is 56.0. The number of pyridine rings is 1. The smallest absolute Gasteiger partial charge is 0.293 e. The van der Waals surface area contributed by atoms with Gasteiger partial charge in [-0.3, -0.25) is 29.1 Å². The van der Waals surface area contributed by atoms with Gasteiger partial charge in [0.15, 0.2) is 0 Å². The molecule has 0 aliphatic carbocycles. The van der Waals surface area contributed by atoms with Crippen molar-refractivity contribution in [1.29, 1.82) is 0 Å². The van der Waals surface area contributed by atoms with Crippen LogP contribution in [0.3, 0.4) is 0 Å². The van der Waals surface area contributed by atoms with E-state index in [0.29, 0.717) is 10.5 Å². The molecule has 1 aromatic heterocycles. The molecule has 0 radical (unpaired) electrons. The molecule has 2 N–H and O–H groups in total. The van der Waals surface area contributed by atoms with Gasteiger partial charge in [-0.15, -0.1) is 0 Å².